The number of carbonyl (C=O) groups excluding carboxylic acids is 1. The van der Waals surface area contributed by atoms with Gasteiger partial charge in [-0.1, -0.05) is 6.08 Å². The van der Waals surface area contributed by atoms with E-state index in [9.17, 15) is 4.79 Å². The molecule has 4 heterocycles. The van der Waals surface area contributed by atoms with E-state index in [1.807, 2.05) is 18.3 Å². The van der Waals surface area contributed by atoms with Crippen molar-refractivity contribution in [3.05, 3.63) is 60.5 Å². The van der Waals surface area contributed by atoms with Gasteiger partial charge in [0.25, 0.3) is 5.91 Å². The molecule has 0 unspecified atom stereocenters. The maximum atomic E-state index is 12.4. The maximum absolute atomic E-state index is 12.4. The number of hydrogen-bond donors (Lipinski definition) is 1. The lowest BCUT2D eigenvalue weighted by atomic mass is 10.0. The van der Waals surface area contributed by atoms with Crippen LogP contribution >= 0.6 is 0 Å². The van der Waals surface area contributed by atoms with Crippen LogP contribution in [0.1, 0.15) is 22.5 Å². The molecule has 0 atom stereocenters. The minimum Gasteiger partial charge on any atom is -0.359 e. The summed E-state index contributed by atoms with van der Waals surface area (Å²) in [6.07, 6.45) is 11.3. The molecule has 4 rings (SSSR count). The highest BCUT2D eigenvalue weighted by Gasteiger charge is 2.21. The molecule has 114 valence electrons. The fraction of sp³-hybridized carbons (Fsp3) is 0.176. The van der Waals surface area contributed by atoms with Crippen LogP contribution in [0.25, 0.3) is 16.6 Å². The molecular formula is C17H15N5O. The van der Waals surface area contributed by atoms with Crippen LogP contribution in [0, 0.1) is 0 Å². The van der Waals surface area contributed by atoms with Crippen LogP contribution in [-0.4, -0.2) is 43.8 Å². The highest BCUT2D eigenvalue weighted by molar-refractivity contribution is 5.93. The Hall–Kier alpha value is -3.02. The average molecular weight is 305 g/mol. The summed E-state index contributed by atoms with van der Waals surface area (Å²) in [6.45, 7) is 1.24. The Morgan fingerprint density at radius 1 is 1.22 bits per heavy atom. The molecule has 0 saturated heterocycles. The van der Waals surface area contributed by atoms with E-state index in [-0.39, 0.29) is 5.91 Å². The molecule has 0 radical (unpaired) electrons. The zero-order valence-electron chi connectivity index (χ0n) is 12.4. The Bertz CT molecular complexity index is 884. The third-order valence-electron chi connectivity index (χ3n) is 4.06. The summed E-state index contributed by atoms with van der Waals surface area (Å²) in [5, 5.41) is 0. The normalized spacial score (nSPS) is 14.8. The minimum absolute atomic E-state index is 0.0783. The topological polar surface area (TPSA) is 74.8 Å². The monoisotopic (exact) mass is 305 g/mol. The van der Waals surface area contributed by atoms with Crippen LogP contribution in [0.15, 0.2) is 49.2 Å². The van der Waals surface area contributed by atoms with E-state index in [0.717, 1.165) is 23.0 Å². The summed E-state index contributed by atoms with van der Waals surface area (Å²) in [4.78, 5) is 29.9. The van der Waals surface area contributed by atoms with Gasteiger partial charge in [-0.3, -0.25) is 14.8 Å². The van der Waals surface area contributed by atoms with Gasteiger partial charge >= 0.3 is 0 Å². The van der Waals surface area contributed by atoms with Gasteiger partial charge in [0.1, 0.15) is 5.69 Å². The van der Waals surface area contributed by atoms with E-state index in [1.165, 1.54) is 18.0 Å². The Balaban J connectivity index is 1.56. The molecule has 23 heavy (non-hydrogen) atoms. The average Bonchev–Trinajstić information content (AvgIpc) is 3.06. The van der Waals surface area contributed by atoms with Crippen LogP contribution < -0.4 is 0 Å². The van der Waals surface area contributed by atoms with E-state index >= 15 is 0 Å². The van der Waals surface area contributed by atoms with Gasteiger partial charge in [0.05, 0.1) is 17.2 Å². The van der Waals surface area contributed by atoms with Crippen molar-refractivity contribution >= 4 is 22.5 Å². The summed E-state index contributed by atoms with van der Waals surface area (Å²) >= 11 is 0. The molecule has 0 fully saturated rings. The lowest BCUT2D eigenvalue weighted by molar-refractivity contribution is 0.0766. The van der Waals surface area contributed by atoms with E-state index < -0.39 is 0 Å². The number of rotatable bonds is 2. The zero-order valence-corrected chi connectivity index (χ0v) is 12.4. The van der Waals surface area contributed by atoms with E-state index in [1.54, 1.807) is 17.3 Å². The van der Waals surface area contributed by atoms with E-state index in [2.05, 4.69) is 26.0 Å². The third kappa shape index (κ3) is 2.48. The first-order chi connectivity index (χ1) is 11.3. The van der Waals surface area contributed by atoms with Crippen molar-refractivity contribution in [1.82, 2.24) is 24.8 Å². The minimum atomic E-state index is -0.0783. The van der Waals surface area contributed by atoms with Crippen LogP contribution in [0.2, 0.25) is 0 Å². The molecule has 0 spiro atoms. The molecule has 0 bridgehead atoms. The summed E-state index contributed by atoms with van der Waals surface area (Å²) in [6, 6.07) is 3.93. The van der Waals surface area contributed by atoms with Crippen molar-refractivity contribution in [2.75, 3.05) is 13.1 Å². The van der Waals surface area contributed by atoms with Crippen LogP contribution in [0.3, 0.4) is 0 Å². The molecule has 6 nitrogen and oxygen atoms in total. The van der Waals surface area contributed by atoms with Crippen molar-refractivity contribution in [1.29, 1.82) is 0 Å². The van der Waals surface area contributed by atoms with Crippen LogP contribution in [-0.2, 0) is 0 Å². The first kappa shape index (κ1) is 13.6. The van der Waals surface area contributed by atoms with Crippen LogP contribution in [0.5, 0.6) is 0 Å². The number of fused-ring (bicyclic) bond motifs is 1. The molecule has 3 aromatic rings. The number of aromatic amines is 1. The second-order valence-electron chi connectivity index (χ2n) is 5.42. The summed E-state index contributed by atoms with van der Waals surface area (Å²) in [7, 11) is 0. The van der Waals surface area contributed by atoms with Gasteiger partial charge in [0, 0.05) is 43.4 Å². The lowest BCUT2D eigenvalue weighted by Gasteiger charge is -2.26. The van der Waals surface area contributed by atoms with E-state index in [0.29, 0.717) is 18.8 Å². The number of aromatic nitrogens is 4. The van der Waals surface area contributed by atoms with Gasteiger partial charge in [-0.05, 0) is 24.1 Å². The predicted octanol–water partition coefficient (Wildman–Crippen LogP) is 2.28. The summed E-state index contributed by atoms with van der Waals surface area (Å²) < 4.78 is 0. The Labute approximate surface area is 132 Å². The van der Waals surface area contributed by atoms with Crippen molar-refractivity contribution in [2.45, 2.75) is 6.42 Å². The highest BCUT2D eigenvalue weighted by Crippen LogP contribution is 2.28. The van der Waals surface area contributed by atoms with Gasteiger partial charge in [-0.25, -0.2) is 4.98 Å². The predicted molar refractivity (Wildman–Crippen MR) is 86.6 cm³/mol. The maximum Gasteiger partial charge on any atom is 0.274 e. The lowest BCUT2D eigenvalue weighted by Crippen LogP contribution is -2.35. The number of nitrogens with one attached hydrogen (secondary N) is 1. The second kappa shape index (κ2) is 5.64. The molecule has 0 aromatic carbocycles. The first-order valence-electron chi connectivity index (χ1n) is 7.50. The SMILES string of the molecule is O=C(c1cnccn1)N1CC=C(c2c[nH]c3cccnc23)CC1. The smallest absolute Gasteiger partial charge is 0.274 e. The van der Waals surface area contributed by atoms with Crippen molar-refractivity contribution in [3.8, 4) is 0 Å². The van der Waals surface area contributed by atoms with Crippen molar-refractivity contribution < 1.29 is 4.79 Å². The van der Waals surface area contributed by atoms with Gasteiger partial charge in [0.2, 0.25) is 0 Å². The van der Waals surface area contributed by atoms with Crippen molar-refractivity contribution in [3.63, 3.8) is 0 Å². The van der Waals surface area contributed by atoms with Crippen LogP contribution in [0.4, 0.5) is 0 Å². The third-order valence-corrected chi connectivity index (χ3v) is 4.06. The Morgan fingerprint density at radius 3 is 2.96 bits per heavy atom. The number of nitrogens with zero attached hydrogens (tertiary/aromatic N) is 4. The fourth-order valence-electron chi connectivity index (χ4n) is 2.87. The summed E-state index contributed by atoms with van der Waals surface area (Å²) in [5.41, 5.74) is 4.73. The largest absolute Gasteiger partial charge is 0.359 e. The molecule has 1 amide bonds. The standard InChI is InChI=1S/C17H15N5O/c23-17(15-11-18-6-7-19-15)22-8-3-12(4-9-22)13-10-21-14-2-1-5-20-16(13)14/h1-3,5-7,10-11,21H,4,8-9H2. The Morgan fingerprint density at radius 2 is 2.17 bits per heavy atom. The second-order valence-corrected chi connectivity index (χ2v) is 5.42. The number of pyridine rings is 1. The first-order valence-corrected chi connectivity index (χ1v) is 7.50. The molecule has 0 aliphatic carbocycles. The Kier molecular flexibility index (Phi) is 3.34. The van der Waals surface area contributed by atoms with Gasteiger partial charge < -0.3 is 9.88 Å². The molecule has 0 saturated carbocycles. The fourth-order valence-corrected chi connectivity index (χ4v) is 2.87. The summed E-state index contributed by atoms with van der Waals surface area (Å²) in [5.74, 6) is -0.0783. The van der Waals surface area contributed by atoms with Gasteiger partial charge in [-0.15, -0.1) is 0 Å². The molecule has 3 aromatic heterocycles. The molecule has 1 aliphatic heterocycles. The zero-order chi connectivity index (χ0) is 15.6. The number of hydrogen-bond acceptors (Lipinski definition) is 4. The molecule has 6 heteroatoms. The van der Waals surface area contributed by atoms with E-state index in [4.69, 9.17) is 0 Å². The van der Waals surface area contributed by atoms with Gasteiger partial charge in [0.15, 0.2) is 0 Å². The highest BCUT2D eigenvalue weighted by atomic mass is 16.2. The number of amides is 1. The van der Waals surface area contributed by atoms with Gasteiger partial charge in [-0.2, -0.15) is 0 Å². The molecule has 1 N–H and O–H groups in total. The number of carbonyl (C=O) groups is 1. The molecular weight excluding hydrogens is 290 g/mol. The number of H-pyrrole nitrogens is 1. The molecule has 1 aliphatic rings. The quantitative estimate of drug-likeness (QED) is 0.788. The van der Waals surface area contributed by atoms with Crippen molar-refractivity contribution in [2.24, 2.45) is 0 Å².